The monoisotopic (exact) mass is 330 g/mol. The van der Waals surface area contributed by atoms with Gasteiger partial charge in [-0.3, -0.25) is 4.79 Å². The predicted octanol–water partition coefficient (Wildman–Crippen LogP) is 2.25. The largest absolute Gasteiger partial charge is 0.394 e. The summed E-state index contributed by atoms with van der Waals surface area (Å²) < 4.78 is 1.30. The first-order valence-electron chi connectivity index (χ1n) is 7.53. The Balaban J connectivity index is 1.91. The quantitative estimate of drug-likeness (QED) is 0.725. The fourth-order valence-electron chi connectivity index (χ4n) is 2.37. The van der Waals surface area contributed by atoms with Gasteiger partial charge in [-0.25, -0.2) is 4.98 Å². The Morgan fingerprint density at radius 2 is 2.13 bits per heavy atom. The number of hydrogen-bond donors (Lipinski definition) is 2. The number of fused-ring (bicyclic) bond motifs is 1. The molecule has 23 heavy (non-hydrogen) atoms. The van der Waals surface area contributed by atoms with Crippen LogP contribution in [0.4, 0.5) is 5.13 Å². The number of anilines is 1. The molecule has 0 amide bonds. The smallest absolute Gasteiger partial charge is 0.275 e. The average molecular weight is 330 g/mol. The molecule has 3 rings (SSSR count). The first kappa shape index (κ1) is 15.6. The Labute approximate surface area is 137 Å². The molecule has 1 aromatic carbocycles. The zero-order valence-electron chi connectivity index (χ0n) is 12.8. The van der Waals surface area contributed by atoms with Gasteiger partial charge in [0.05, 0.1) is 12.6 Å². The van der Waals surface area contributed by atoms with Crippen LogP contribution in [0, 0.1) is 0 Å². The molecule has 0 fully saturated rings. The van der Waals surface area contributed by atoms with Gasteiger partial charge in [-0.05, 0) is 12.0 Å². The van der Waals surface area contributed by atoms with E-state index in [0.717, 1.165) is 24.1 Å². The lowest BCUT2D eigenvalue weighted by Gasteiger charge is -2.15. The summed E-state index contributed by atoms with van der Waals surface area (Å²) in [7, 11) is 0. The normalized spacial score (nSPS) is 12.4. The maximum atomic E-state index is 12.1. The first-order chi connectivity index (χ1) is 11.2. The van der Waals surface area contributed by atoms with Crippen molar-refractivity contribution in [3.8, 4) is 0 Å². The van der Waals surface area contributed by atoms with Crippen LogP contribution in [0.1, 0.15) is 30.6 Å². The predicted molar refractivity (Wildman–Crippen MR) is 91.0 cm³/mol. The van der Waals surface area contributed by atoms with Gasteiger partial charge >= 0.3 is 0 Å². The molecule has 0 radical (unpaired) electrons. The summed E-state index contributed by atoms with van der Waals surface area (Å²) in [6, 6.07) is 10.9. The molecule has 2 aromatic heterocycles. The number of benzene rings is 1. The Morgan fingerprint density at radius 3 is 2.83 bits per heavy atom. The molecule has 2 heterocycles. The lowest BCUT2D eigenvalue weighted by Crippen LogP contribution is -2.17. The number of aliphatic hydroxyl groups is 1. The van der Waals surface area contributed by atoms with Crippen molar-refractivity contribution in [1.82, 2.24) is 14.6 Å². The van der Waals surface area contributed by atoms with E-state index in [0.29, 0.717) is 10.1 Å². The fraction of sp³-hybridized carbons (Fsp3) is 0.312. The second-order valence-electron chi connectivity index (χ2n) is 5.23. The number of rotatable bonds is 6. The van der Waals surface area contributed by atoms with E-state index in [1.54, 1.807) is 0 Å². The topological polar surface area (TPSA) is 79.5 Å². The molecule has 120 valence electrons. The molecule has 6 nitrogen and oxygen atoms in total. The van der Waals surface area contributed by atoms with Gasteiger partial charge in [-0.2, -0.15) is 4.52 Å². The standard InChI is InChI=1S/C16H18N4O2S/c1-2-6-12-9-14(22)20-16(17-12)23-15(19-20)18-13(10-21)11-7-4-3-5-8-11/h3-5,7-9,13,21H,2,6,10H2,1H3,(H,18,19). The van der Waals surface area contributed by atoms with Crippen molar-refractivity contribution in [2.75, 3.05) is 11.9 Å². The van der Waals surface area contributed by atoms with E-state index < -0.39 is 0 Å². The molecular weight excluding hydrogens is 312 g/mol. The molecule has 0 aliphatic carbocycles. The van der Waals surface area contributed by atoms with Crippen molar-refractivity contribution in [2.45, 2.75) is 25.8 Å². The van der Waals surface area contributed by atoms with Crippen molar-refractivity contribution < 1.29 is 5.11 Å². The van der Waals surface area contributed by atoms with Gasteiger partial charge in [-0.1, -0.05) is 55.0 Å². The minimum Gasteiger partial charge on any atom is -0.394 e. The second kappa shape index (κ2) is 6.89. The number of nitrogens with zero attached hydrogens (tertiary/aromatic N) is 3. The van der Waals surface area contributed by atoms with E-state index in [1.807, 2.05) is 30.3 Å². The number of aryl methyl sites for hydroxylation is 1. The molecule has 0 saturated carbocycles. The first-order valence-corrected chi connectivity index (χ1v) is 8.35. The van der Waals surface area contributed by atoms with Crippen molar-refractivity contribution >= 4 is 21.4 Å². The van der Waals surface area contributed by atoms with E-state index in [-0.39, 0.29) is 18.2 Å². The van der Waals surface area contributed by atoms with Crippen molar-refractivity contribution in [2.24, 2.45) is 0 Å². The zero-order chi connectivity index (χ0) is 16.2. The lowest BCUT2D eigenvalue weighted by atomic mass is 10.1. The molecule has 1 atom stereocenters. The molecule has 0 aliphatic heterocycles. The minimum absolute atomic E-state index is 0.0661. The van der Waals surface area contributed by atoms with E-state index in [9.17, 15) is 9.90 Å². The summed E-state index contributed by atoms with van der Waals surface area (Å²) in [6.45, 7) is 1.98. The van der Waals surface area contributed by atoms with Crippen LogP contribution in [-0.2, 0) is 6.42 Å². The third-order valence-electron chi connectivity index (χ3n) is 3.49. The van der Waals surface area contributed by atoms with Gasteiger partial charge in [0.15, 0.2) is 0 Å². The van der Waals surface area contributed by atoms with Gasteiger partial charge < -0.3 is 10.4 Å². The number of aliphatic hydroxyl groups excluding tert-OH is 1. The molecule has 0 aliphatic rings. The molecular formula is C16H18N4O2S. The molecule has 2 N–H and O–H groups in total. The highest BCUT2D eigenvalue weighted by Gasteiger charge is 2.14. The van der Waals surface area contributed by atoms with Crippen LogP contribution in [0.25, 0.3) is 4.96 Å². The summed E-state index contributed by atoms with van der Waals surface area (Å²) in [6.07, 6.45) is 1.71. The summed E-state index contributed by atoms with van der Waals surface area (Å²) in [4.78, 5) is 17.1. The molecule has 0 spiro atoms. The highest BCUT2D eigenvalue weighted by Crippen LogP contribution is 2.23. The third-order valence-corrected chi connectivity index (χ3v) is 4.33. The van der Waals surface area contributed by atoms with Gasteiger partial charge in [-0.15, -0.1) is 5.10 Å². The third kappa shape index (κ3) is 3.40. The zero-order valence-corrected chi connectivity index (χ0v) is 13.6. The van der Waals surface area contributed by atoms with Crippen LogP contribution in [-0.4, -0.2) is 26.3 Å². The van der Waals surface area contributed by atoms with E-state index in [1.165, 1.54) is 21.9 Å². The molecule has 3 aromatic rings. The van der Waals surface area contributed by atoms with E-state index in [2.05, 4.69) is 22.3 Å². The second-order valence-corrected chi connectivity index (χ2v) is 6.18. The molecule has 0 saturated heterocycles. The Morgan fingerprint density at radius 1 is 1.35 bits per heavy atom. The Bertz CT molecular complexity index is 844. The van der Waals surface area contributed by atoms with Crippen molar-refractivity contribution in [3.05, 3.63) is 58.0 Å². The van der Waals surface area contributed by atoms with Crippen LogP contribution < -0.4 is 10.9 Å². The SMILES string of the molecule is CCCc1cc(=O)n2nc(NC(CO)c3ccccc3)sc2n1. The fourth-order valence-corrected chi connectivity index (χ4v) is 3.24. The van der Waals surface area contributed by atoms with Gasteiger partial charge in [0.25, 0.3) is 5.56 Å². The molecule has 7 heteroatoms. The Kier molecular flexibility index (Phi) is 4.68. The van der Waals surface area contributed by atoms with Crippen LogP contribution in [0.2, 0.25) is 0 Å². The lowest BCUT2D eigenvalue weighted by molar-refractivity contribution is 0.276. The highest BCUT2D eigenvalue weighted by molar-refractivity contribution is 7.20. The van der Waals surface area contributed by atoms with Crippen molar-refractivity contribution in [1.29, 1.82) is 0 Å². The summed E-state index contributed by atoms with van der Waals surface area (Å²) in [5, 5.41) is 17.6. The van der Waals surface area contributed by atoms with Crippen LogP contribution in [0.5, 0.6) is 0 Å². The van der Waals surface area contributed by atoms with E-state index in [4.69, 9.17) is 0 Å². The van der Waals surface area contributed by atoms with Gasteiger partial charge in [0.2, 0.25) is 10.1 Å². The van der Waals surface area contributed by atoms with Crippen LogP contribution in [0.3, 0.4) is 0 Å². The highest BCUT2D eigenvalue weighted by atomic mass is 32.1. The summed E-state index contributed by atoms with van der Waals surface area (Å²) in [5.74, 6) is 0. The van der Waals surface area contributed by atoms with Gasteiger partial charge in [0, 0.05) is 11.8 Å². The van der Waals surface area contributed by atoms with Crippen LogP contribution >= 0.6 is 11.3 Å². The number of nitrogens with one attached hydrogen (secondary N) is 1. The minimum atomic E-state index is -0.275. The van der Waals surface area contributed by atoms with Gasteiger partial charge in [0.1, 0.15) is 0 Å². The maximum absolute atomic E-state index is 12.1. The number of hydrogen-bond acceptors (Lipinski definition) is 6. The molecule has 1 unspecified atom stereocenters. The number of aromatic nitrogens is 3. The van der Waals surface area contributed by atoms with E-state index >= 15 is 0 Å². The Hall–Kier alpha value is -2.25. The molecule has 0 bridgehead atoms. The average Bonchev–Trinajstić information content (AvgIpc) is 2.97. The van der Waals surface area contributed by atoms with Crippen molar-refractivity contribution in [3.63, 3.8) is 0 Å². The van der Waals surface area contributed by atoms with Crippen LogP contribution in [0.15, 0.2) is 41.2 Å². The maximum Gasteiger partial charge on any atom is 0.275 e. The summed E-state index contributed by atoms with van der Waals surface area (Å²) >= 11 is 1.31. The summed E-state index contributed by atoms with van der Waals surface area (Å²) in [5.41, 5.74) is 1.57.